The van der Waals surface area contributed by atoms with Crippen LogP contribution in [0.25, 0.3) is 10.9 Å². The molecule has 1 heterocycles. The van der Waals surface area contributed by atoms with E-state index in [9.17, 15) is 9.59 Å². The summed E-state index contributed by atoms with van der Waals surface area (Å²) in [7, 11) is 0. The number of carbonyl (C=O) groups excluding carboxylic acids is 1. The van der Waals surface area contributed by atoms with Gasteiger partial charge in [0.1, 0.15) is 0 Å². The fraction of sp³-hybridized carbons (Fsp3) is 0.120. The second-order valence-corrected chi connectivity index (χ2v) is 8.54. The van der Waals surface area contributed by atoms with Crippen LogP contribution in [0.4, 0.5) is 5.69 Å². The summed E-state index contributed by atoms with van der Waals surface area (Å²) in [6, 6.07) is 25.7. The molecular formula is C25H20N4O2S. The molecule has 1 N–H and O–H groups in total. The number of hydrogen-bond acceptors (Lipinski definition) is 5. The van der Waals surface area contributed by atoms with Crippen LogP contribution in [0.15, 0.2) is 88.8 Å². The number of nitrogens with one attached hydrogen (secondary N) is 1. The molecule has 0 aliphatic carbocycles. The Morgan fingerprint density at radius 2 is 1.84 bits per heavy atom. The van der Waals surface area contributed by atoms with Crippen molar-refractivity contribution in [1.29, 1.82) is 5.26 Å². The predicted molar refractivity (Wildman–Crippen MR) is 127 cm³/mol. The molecule has 1 unspecified atom stereocenters. The Kier molecular flexibility index (Phi) is 6.34. The summed E-state index contributed by atoms with van der Waals surface area (Å²) in [6.45, 7) is 2.13. The Morgan fingerprint density at radius 1 is 1.09 bits per heavy atom. The van der Waals surface area contributed by atoms with Crippen molar-refractivity contribution in [2.45, 2.75) is 23.9 Å². The van der Waals surface area contributed by atoms with Gasteiger partial charge in [0.05, 0.1) is 34.3 Å². The number of amides is 1. The second-order valence-electron chi connectivity index (χ2n) is 7.23. The summed E-state index contributed by atoms with van der Waals surface area (Å²) < 4.78 is 1.61. The van der Waals surface area contributed by atoms with E-state index in [1.54, 1.807) is 47.9 Å². The third-order valence-electron chi connectivity index (χ3n) is 4.92. The van der Waals surface area contributed by atoms with Crippen LogP contribution in [0.5, 0.6) is 0 Å². The monoisotopic (exact) mass is 440 g/mol. The summed E-state index contributed by atoms with van der Waals surface area (Å²) in [5.74, 6) is -0.237. The summed E-state index contributed by atoms with van der Waals surface area (Å²) in [5, 5.41) is 12.4. The first-order valence-electron chi connectivity index (χ1n) is 10.1. The highest BCUT2D eigenvalue weighted by Gasteiger charge is 2.20. The molecule has 6 nitrogen and oxygen atoms in total. The maximum Gasteiger partial charge on any atom is 0.262 e. The third-order valence-corrected chi connectivity index (χ3v) is 6.01. The Labute approximate surface area is 189 Å². The van der Waals surface area contributed by atoms with Gasteiger partial charge in [-0.3, -0.25) is 14.2 Å². The molecule has 0 saturated carbocycles. The minimum absolute atomic E-state index is 0.142. The van der Waals surface area contributed by atoms with E-state index < -0.39 is 5.25 Å². The molecule has 32 heavy (non-hydrogen) atoms. The Bertz CT molecular complexity index is 1380. The molecule has 0 saturated heterocycles. The fourth-order valence-corrected chi connectivity index (χ4v) is 4.17. The van der Waals surface area contributed by atoms with Crippen molar-refractivity contribution in [3.8, 4) is 6.07 Å². The van der Waals surface area contributed by atoms with Gasteiger partial charge in [-0.05, 0) is 42.8 Å². The van der Waals surface area contributed by atoms with Gasteiger partial charge in [-0.2, -0.15) is 5.26 Å². The molecule has 4 aromatic rings. The van der Waals surface area contributed by atoms with Gasteiger partial charge in [0.15, 0.2) is 5.16 Å². The van der Waals surface area contributed by atoms with Crippen LogP contribution in [0.3, 0.4) is 0 Å². The summed E-state index contributed by atoms with van der Waals surface area (Å²) in [5.41, 5.74) is 2.44. The first kappa shape index (κ1) is 21.3. The molecule has 1 atom stereocenters. The zero-order chi connectivity index (χ0) is 22.5. The number of carbonyl (C=O) groups is 1. The van der Waals surface area contributed by atoms with Gasteiger partial charge in [0.25, 0.3) is 5.56 Å². The molecule has 0 fully saturated rings. The van der Waals surface area contributed by atoms with Gasteiger partial charge in [0.2, 0.25) is 5.91 Å². The molecule has 3 aromatic carbocycles. The van der Waals surface area contributed by atoms with Gasteiger partial charge in [0, 0.05) is 5.69 Å². The number of thioether (sulfide) groups is 1. The standard InChI is InChI=1S/C25H20N4O2S/c1-17(23(30)27-20-11-7-10-19(14-20)15-26)32-25-28-22-13-6-5-12-21(22)24(31)29(25)16-18-8-3-2-4-9-18/h2-14,17H,16H2,1H3,(H,27,30). The van der Waals surface area contributed by atoms with Gasteiger partial charge in [-0.15, -0.1) is 0 Å². The molecular weight excluding hydrogens is 420 g/mol. The van der Waals surface area contributed by atoms with Crippen molar-refractivity contribution in [2.24, 2.45) is 0 Å². The van der Waals surface area contributed by atoms with Gasteiger partial charge < -0.3 is 5.32 Å². The molecule has 0 bridgehead atoms. The highest BCUT2D eigenvalue weighted by atomic mass is 32.2. The number of benzene rings is 3. The third kappa shape index (κ3) is 4.71. The number of nitriles is 1. The summed E-state index contributed by atoms with van der Waals surface area (Å²) in [4.78, 5) is 30.7. The van der Waals surface area contributed by atoms with E-state index in [0.717, 1.165) is 5.56 Å². The lowest BCUT2D eigenvalue weighted by Crippen LogP contribution is -2.27. The van der Waals surface area contributed by atoms with E-state index in [1.165, 1.54) is 11.8 Å². The van der Waals surface area contributed by atoms with Crippen LogP contribution >= 0.6 is 11.8 Å². The lowest BCUT2D eigenvalue weighted by Gasteiger charge is -2.16. The van der Waals surface area contributed by atoms with Crippen LogP contribution in [-0.4, -0.2) is 20.7 Å². The predicted octanol–water partition coefficient (Wildman–Crippen LogP) is 4.44. The quantitative estimate of drug-likeness (QED) is 0.354. The number of anilines is 1. The van der Waals surface area contributed by atoms with Crippen LogP contribution < -0.4 is 10.9 Å². The lowest BCUT2D eigenvalue weighted by molar-refractivity contribution is -0.115. The smallest absolute Gasteiger partial charge is 0.262 e. The highest BCUT2D eigenvalue weighted by Crippen LogP contribution is 2.24. The molecule has 158 valence electrons. The minimum Gasteiger partial charge on any atom is -0.325 e. The van der Waals surface area contributed by atoms with Crippen LogP contribution in [-0.2, 0) is 11.3 Å². The van der Waals surface area contributed by atoms with Crippen molar-refractivity contribution in [1.82, 2.24) is 9.55 Å². The largest absolute Gasteiger partial charge is 0.325 e. The maximum atomic E-state index is 13.2. The fourth-order valence-electron chi connectivity index (χ4n) is 3.27. The van der Waals surface area contributed by atoms with E-state index in [4.69, 9.17) is 10.2 Å². The average Bonchev–Trinajstić information content (AvgIpc) is 2.82. The first-order valence-corrected chi connectivity index (χ1v) is 10.9. The molecule has 0 spiro atoms. The number of fused-ring (bicyclic) bond motifs is 1. The van der Waals surface area contributed by atoms with E-state index >= 15 is 0 Å². The van der Waals surface area contributed by atoms with E-state index in [-0.39, 0.29) is 11.5 Å². The number of hydrogen-bond donors (Lipinski definition) is 1. The molecule has 1 aromatic heterocycles. The summed E-state index contributed by atoms with van der Waals surface area (Å²) in [6.07, 6.45) is 0. The normalized spacial score (nSPS) is 11.6. The van der Waals surface area contributed by atoms with E-state index in [2.05, 4.69) is 11.4 Å². The maximum absolute atomic E-state index is 13.2. The highest BCUT2D eigenvalue weighted by molar-refractivity contribution is 8.00. The lowest BCUT2D eigenvalue weighted by atomic mass is 10.2. The molecule has 0 aliphatic heterocycles. The van der Waals surface area contributed by atoms with Crippen molar-refractivity contribution < 1.29 is 4.79 Å². The number of nitrogens with zero attached hydrogens (tertiary/aromatic N) is 3. The molecule has 1 amide bonds. The number of para-hydroxylation sites is 1. The number of aromatic nitrogens is 2. The van der Waals surface area contributed by atoms with E-state index in [0.29, 0.717) is 33.9 Å². The Hall–Kier alpha value is -3.89. The molecule has 7 heteroatoms. The topological polar surface area (TPSA) is 87.8 Å². The van der Waals surface area contributed by atoms with Crippen LogP contribution in [0, 0.1) is 11.3 Å². The molecule has 0 radical (unpaired) electrons. The SMILES string of the molecule is CC(Sc1nc2ccccc2c(=O)n1Cc1ccccc1)C(=O)Nc1cccc(C#N)c1. The van der Waals surface area contributed by atoms with Crippen LogP contribution in [0.2, 0.25) is 0 Å². The minimum atomic E-state index is -0.518. The van der Waals surface area contributed by atoms with Crippen LogP contribution in [0.1, 0.15) is 18.1 Å². The van der Waals surface area contributed by atoms with Gasteiger partial charge >= 0.3 is 0 Å². The second kappa shape index (κ2) is 9.50. The van der Waals surface area contributed by atoms with Crippen molar-refractivity contribution in [3.63, 3.8) is 0 Å². The Morgan fingerprint density at radius 3 is 2.62 bits per heavy atom. The van der Waals surface area contributed by atoms with Crippen molar-refractivity contribution >= 4 is 34.3 Å². The molecule has 0 aliphatic rings. The van der Waals surface area contributed by atoms with E-state index in [1.807, 2.05) is 42.5 Å². The van der Waals surface area contributed by atoms with Gasteiger partial charge in [-0.25, -0.2) is 4.98 Å². The zero-order valence-electron chi connectivity index (χ0n) is 17.4. The summed E-state index contributed by atoms with van der Waals surface area (Å²) >= 11 is 1.23. The molecule has 4 rings (SSSR count). The average molecular weight is 441 g/mol. The van der Waals surface area contributed by atoms with Crippen molar-refractivity contribution in [3.05, 3.63) is 100 Å². The zero-order valence-corrected chi connectivity index (χ0v) is 18.2. The first-order chi connectivity index (χ1) is 15.5. The Balaban J connectivity index is 1.65. The number of rotatable bonds is 6. The van der Waals surface area contributed by atoms with Crippen molar-refractivity contribution in [2.75, 3.05) is 5.32 Å². The van der Waals surface area contributed by atoms with Gasteiger partial charge in [-0.1, -0.05) is 60.3 Å².